The molecule has 56 heavy (non-hydrogen) atoms. The molecule has 1 aliphatic rings. The summed E-state index contributed by atoms with van der Waals surface area (Å²) in [5.74, 6) is -0.332. The van der Waals surface area contributed by atoms with Gasteiger partial charge in [0.1, 0.15) is 30.5 Å². The maximum Gasteiger partial charge on any atom is 0.306 e. The third kappa shape index (κ3) is 29.2. The van der Waals surface area contributed by atoms with Crippen molar-refractivity contribution in [3.63, 3.8) is 0 Å². The number of aliphatic hydroxyl groups excluding tert-OH is 4. The second-order valence-electron chi connectivity index (χ2n) is 15.1. The number of allylic oxidation sites excluding steroid dienone is 10. The van der Waals surface area contributed by atoms with Gasteiger partial charge in [0.15, 0.2) is 6.29 Å². The molecule has 0 radical (unpaired) electrons. The summed E-state index contributed by atoms with van der Waals surface area (Å²) < 4.78 is 22.8. The molecule has 0 saturated carbocycles. The first-order chi connectivity index (χ1) is 27.4. The molecular weight excluding hydrogens is 709 g/mol. The number of hydrogen-bond acceptors (Lipinski definition) is 9. The van der Waals surface area contributed by atoms with Gasteiger partial charge in [0.25, 0.3) is 0 Å². The minimum Gasteiger partial charge on any atom is -0.457 e. The molecule has 9 heteroatoms. The minimum atomic E-state index is -1.54. The third-order valence-electron chi connectivity index (χ3n) is 9.92. The van der Waals surface area contributed by atoms with Crippen LogP contribution in [0.3, 0.4) is 0 Å². The molecule has 0 aliphatic carbocycles. The van der Waals surface area contributed by atoms with E-state index >= 15 is 0 Å². The summed E-state index contributed by atoms with van der Waals surface area (Å²) in [6.45, 7) is 4.39. The quantitative estimate of drug-likeness (QED) is 0.0276. The van der Waals surface area contributed by atoms with Crippen LogP contribution in [0.4, 0.5) is 0 Å². The number of esters is 1. The Balaban J connectivity index is 2.29. The van der Waals surface area contributed by atoms with Gasteiger partial charge in [-0.05, 0) is 77.0 Å². The van der Waals surface area contributed by atoms with Crippen molar-refractivity contribution < 1.29 is 44.2 Å². The highest BCUT2D eigenvalue weighted by atomic mass is 16.7. The molecule has 6 atom stereocenters. The predicted molar refractivity (Wildman–Crippen MR) is 228 cm³/mol. The highest BCUT2D eigenvalue weighted by molar-refractivity contribution is 5.69. The highest BCUT2D eigenvalue weighted by Gasteiger charge is 2.44. The van der Waals surface area contributed by atoms with E-state index in [4.69, 9.17) is 18.9 Å². The molecule has 1 rings (SSSR count). The average molecular weight is 791 g/mol. The van der Waals surface area contributed by atoms with Gasteiger partial charge in [-0.15, -0.1) is 0 Å². The summed E-state index contributed by atoms with van der Waals surface area (Å²) in [6, 6.07) is 0. The molecule has 1 saturated heterocycles. The molecule has 6 unspecified atom stereocenters. The molecule has 0 bridgehead atoms. The fourth-order valence-electron chi connectivity index (χ4n) is 6.42. The minimum absolute atomic E-state index is 0.124. The van der Waals surface area contributed by atoms with E-state index in [2.05, 4.69) is 74.6 Å². The maximum absolute atomic E-state index is 12.8. The van der Waals surface area contributed by atoms with Crippen molar-refractivity contribution in [2.45, 2.75) is 205 Å². The molecule has 0 aromatic rings. The Morgan fingerprint density at radius 1 is 0.589 bits per heavy atom. The lowest BCUT2D eigenvalue weighted by Gasteiger charge is -2.39. The van der Waals surface area contributed by atoms with Crippen LogP contribution in [0.1, 0.15) is 168 Å². The highest BCUT2D eigenvalue weighted by Crippen LogP contribution is 2.22. The van der Waals surface area contributed by atoms with Gasteiger partial charge in [0.05, 0.1) is 19.8 Å². The van der Waals surface area contributed by atoms with Crippen LogP contribution < -0.4 is 0 Å². The van der Waals surface area contributed by atoms with Crippen LogP contribution >= 0.6 is 0 Å². The van der Waals surface area contributed by atoms with E-state index in [9.17, 15) is 25.2 Å². The fourth-order valence-corrected chi connectivity index (χ4v) is 6.42. The van der Waals surface area contributed by atoms with Crippen LogP contribution in [0.25, 0.3) is 0 Å². The van der Waals surface area contributed by atoms with Gasteiger partial charge in [-0.3, -0.25) is 4.79 Å². The van der Waals surface area contributed by atoms with E-state index in [1.165, 1.54) is 64.2 Å². The van der Waals surface area contributed by atoms with Crippen molar-refractivity contribution in [2.24, 2.45) is 0 Å². The molecule has 0 amide bonds. The predicted octanol–water partition coefficient (Wildman–Crippen LogP) is 9.91. The van der Waals surface area contributed by atoms with E-state index < -0.39 is 43.4 Å². The van der Waals surface area contributed by atoms with Gasteiger partial charge in [0.2, 0.25) is 0 Å². The number of carbonyl (C=O) groups excluding carboxylic acids is 1. The van der Waals surface area contributed by atoms with Crippen molar-refractivity contribution in [3.8, 4) is 0 Å². The van der Waals surface area contributed by atoms with E-state index in [-0.39, 0.29) is 19.2 Å². The zero-order chi connectivity index (χ0) is 40.7. The first-order valence-corrected chi connectivity index (χ1v) is 22.4. The lowest BCUT2D eigenvalue weighted by Crippen LogP contribution is -2.59. The summed E-state index contributed by atoms with van der Waals surface area (Å²) in [6.07, 6.45) is 41.0. The van der Waals surface area contributed by atoms with Gasteiger partial charge in [-0.2, -0.15) is 0 Å². The van der Waals surface area contributed by atoms with Gasteiger partial charge in [-0.25, -0.2) is 0 Å². The fraction of sp³-hybridized carbons (Fsp3) is 0.766. The topological polar surface area (TPSA) is 135 Å². The molecule has 1 aliphatic heterocycles. The van der Waals surface area contributed by atoms with Crippen LogP contribution in [-0.2, 0) is 23.7 Å². The van der Waals surface area contributed by atoms with Crippen molar-refractivity contribution in [2.75, 3.05) is 26.4 Å². The normalized spacial score (nSPS) is 21.1. The van der Waals surface area contributed by atoms with Gasteiger partial charge in [-0.1, -0.05) is 145 Å². The molecule has 0 aromatic carbocycles. The standard InChI is InChI=1S/C47H82O9/c1-3-5-7-9-11-13-15-17-19-20-21-22-23-24-26-28-30-32-34-36-43(49)55-41(40-54-47-46(52)45(51)44(50)42(38-48)56-47)39-53-37-35-33-31-29-27-25-18-16-14-12-10-8-6-4-2/h5,7,11,13-14,16-17,19,21-22,41-42,44-48,50-52H,3-4,6,8-10,12,15,18,20,23-40H2,1-2H3/b7-5-,13-11-,16-14-,19-17-,22-21-. The van der Waals surface area contributed by atoms with E-state index in [0.717, 1.165) is 83.5 Å². The van der Waals surface area contributed by atoms with Crippen molar-refractivity contribution in [1.29, 1.82) is 0 Å². The van der Waals surface area contributed by atoms with Crippen molar-refractivity contribution >= 4 is 5.97 Å². The Kier molecular flexibility index (Phi) is 35.6. The Bertz CT molecular complexity index is 1040. The van der Waals surface area contributed by atoms with Crippen LogP contribution in [0, 0.1) is 0 Å². The molecule has 324 valence electrons. The third-order valence-corrected chi connectivity index (χ3v) is 9.92. The zero-order valence-corrected chi connectivity index (χ0v) is 35.4. The summed E-state index contributed by atoms with van der Waals surface area (Å²) in [4.78, 5) is 12.8. The Labute approximate surface area is 341 Å². The lowest BCUT2D eigenvalue weighted by molar-refractivity contribution is -0.305. The molecule has 9 nitrogen and oxygen atoms in total. The monoisotopic (exact) mass is 791 g/mol. The van der Waals surface area contributed by atoms with Crippen LogP contribution in [0.2, 0.25) is 0 Å². The summed E-state index contributed by atoms with van der Waals surface area (Å²) >= 11 is 0. The molecule has 0 spiro atoms. The van der Waals surface area contributed by atoms with Crippen molar-refractivity contribution in [3.05, 3.63) is 60.8 Å². The van der Waals surface area contributed by atoms with E-state index in [1.807, 2.05) is 0 Å². The number of rotatable bonds is 37. The van der Waals surface area contributed by atoms with Gasteiger partial charge >= 0.3 is 5.97 Å². The maximum atomic E-state index is 12.8. The summed E-state index contributed by atoms with van der Waals surface area (Å²) in [7, 11) is 0. The average Bonchev–Trinajstić information content (AvgIpc) is 3.20. The zero-order valence-electron chi connectivity index (χ0n) is 35.4. The first kappa shape index (κ1) is 51.9. The second kappa shape index (κ2) is 38.4. The number of ether oxygens (including phenoxy) is 4. The molecule has 1 fully saturated rings. The van der Waals surface area contributed by atoms with Crippen LogP contribution in [0.15, 0.2) is 60.8 Å². The summed E-state index contributed by atoms with van der Waals surface area (Å²) in [5, 5.41) is 40.1. The number of carbonyl (C=O) groups is 1. The smallest absolute Gasteiger partial charge is 0.306 e. The van der Waals surface area contributed by atoms with Gasteiger partial charge < -0.3 is 39.4 Å². The number of aliphatic hydroxyl groups is 4. The largest absolute Gasteiger partial charge is 0.457 e. The Morgan fingerprint density at radius 3 is 1.66 bits per heavy atom. The number of unbranched alkanes of at least 4 members (excludes halogenated alkanes) is 16. The Morgan fingerprint density at radius 2 is 1.09 bits per heavy atom. The molecule has 0 aromatic heterocycles. The second-order valence-corrected chi connectivity index (χ2v) is 15.1. The number of hydrogen-bond donors (Lipinski definition) is 4. The van der Waals surface area contributed by atoms with E-state index in [1.54, 1.807) is 0 Å². The molecule has 4 N–H and O–H groups in total. The van der Waals surface area contributed by atoms with Crippen molar-refractivity contribution in [1.82, 2.24) is 0 Å². The summed E-state index contributed by atoms with van der Waals surface area (Å²) in [5.41, 5.74) is 0. The molecule has 1 heterocycles. The SMILES string of the molecule is CC/C=C\C/C=C\C/C=C\C/C=C\CCCCCCCCC(=O)OC(COCCCCCCCC/C=C\CCCCCC)COC1OC(CO)C(O)C(O)C1O. The first-order valence-electron chi connectivity index (χ1n) is 22.4. The Hall–Kier alpha value is -2.11. The molecular formula is C47H82O9. The van der Waals surface area contributed by atoms with Crippen LogP contribution in [0.5, 0.6) is 0 Å². The lowest BCUT2D eigenvalue weighted by atomic mass is 9.99. The van der Waals surface area contributed by atoms with Crippen LogP contribution in [-0.4, -0.2) is 89.6 Å². The van der Waals surface area contributed by atoms with Gasteiger partial charge in [0, 0.05) is 13.0 Å². The van der Waals surface area contributed by atoms with E-state index in [0.29, 0.717) is 13.0 Å².